The maximum Gasteiger partial charge on any atom is 0.399 e. The molecule has 2 heterocycles. The lowest BCUT2D eigenvalue weighted by atomic mass is 9.90. The minimum absolute atomic E-state index is 0.390. The van der Waals surface area contributed by atoms with Crippen LogP contribution in [0, 0.1) is 5.82 Å². The lowest BCUT2D eigenvalue weighted by Gasteiger charge is -2.24. The van der Waals surface area contributed by atoms with Crippen molar-refractivity contribution in [3.05, 3.63) is 83.2 Å². The van der Waals surface area contributed by atoms with Crippen molar-refractivity contribution >= 4 is 22.0 Å². The number of rotatable bonds is 6. The first-order valence-electron chi connectivity index (χ1n) is 7.99. The van der Waals surface area contributed by atoms with E-state index in [4.69, 9.17) is 20.5 Å². The van der Waals surface area contributed by atoms with Gasteiger partial charge in [0.1, 0.15) is 24.6 Å². The van der Waals surface area contributed by atoms with Crippen molar-refractivity contribution in [3.63, 3.8) is 0 Å². The Labute approximate surface area is 164 Å². The van der Waals surface area contributed by atoms with Crippen LogP contribution < -0.4 is 0 Å². The molecule has 2 aromatic carbocycles. The Morgan fingerprint density at radius 1 is 1.25 bits per heavy atom. The Kier molecular flexibility index (Phi) is 4.68. The molecule has 0 amide bonds. The van der Waals surface area contributed by atoms with E-state index in [2.05, 4.69) is 10.1 Å². The molecule has 0 saturated carbocycles. The Morgan fingerprint density at radius 3 is 2.57 bits per heavy atom. The van der Waals surface area contributed by atoms with E-state index in [1.165, 1.54) is 36.9 Å². The number of hydrogen-bond donors (Lipinski definition) is 1. The minimum atomic E-state index is -4.90. The Hall–Kier alpha value is -2.37. The molecule has 1 aliphatic rings. The number of ether oxygens (including phenoxy) is 1. The third kappa shape index (κ3) is 3.40. The van der Waals surface area contributed by atoms with Crippen molar-refractivity contribution in [1.29, 1.82) is 0 Å². The number of benzene rings is 2. The molecular formula is C17H13ClFN3O5S. The van der Waals surface area contributed by atoms with Crippen molar-refractivity contribution in [1.82, 2.24) is 14.8 Å². The van der Waals surface area contributed by atoms with Crippen LogP contribution in [0.25, 0.3) is 0 Å². The second kappa shape index (κ2) is 6.90. The quantitative estimate of drug-likeness (QED) is 0.477. The number of nitrogens with zero attached hydrogens (tertiary/aromatic N) is 3. The summed E-state index contributed by atoms with van der Waals surface area (Å²) >= 11 is 6.28. The van der Waals surface area contributed by atoms with Crippen LogP contribution in [-0.2, 0) is 24.9 Å². The molecule has 28 heavy (non-hydrogen) atoms. The maximum absolute atomic E-state index is 13.5. The lowest BCUT2D eigenvalue weighted by Crippen LogP contribution is -2.31. The maximum atomic E-state index is 13.5. The second-order valence-corrected chi connectivity index (χ2v) is 7.53. The van der Waals surface area contributed by atoms with Gasteiger partial charge in [-0.25, -0.2) is 18.2 Å². The Morgan fingerprint density at radius 2 is 1.96 bits per heavy atom. The van der Waals surface area contributed by atoms with Crippen LogP contribution in [0.3, 0.4) is 0 Å². The summed E-state index contributed by atoms with van der Waals surface area (Å²) in [4.78, 5) is 3.79. The summed E-state index contributed by atoms with van der Waals surface area (Å²) in [5, 5.41) is 4.31. The molecule has 1 fully saturated rings. The van der Waals surface area contributed by atoms with Crippen LogP contribution in [0.15, 0.2) is 61.2 Å². The van der Waals surface area contributed by atoms with Gasteiger partial charge in [-0.05, 0) is 23.8 Å². The van der Waals surface area contributed by atoms with E-state index in [0.717, 1.165) is 4.68 Å². The molecule has 1 aromatic heterocycles. The standard InChI is InChI=1S/C17H13ClFN3O5S/c18-14-4-2-1-3-13(14)15-17(26-15,11-5-7-12(19)8-6-11)16(27-28(23,24)25)22-10-20-9-21-22/h1-10,15-16H,(H,23,24,25). The first-order chi connectivity index (χ1) is 13.3. The molecule has 11 heteroatoms. The van der Waals surface area contributed by atoms with E-state index < -0.39 is 34.1 Å². The normalized spacial score (nSPS) is 22.8. The van der Waals surface area contributed by atoms with E-state index >= 15 is 0 Å². The van der Waals surface area contributed by atoms with E-state index in [-0.39, 0.29) is 0 Å². The van der Waals surface area contributed by atoms with E-state index in [1.54, 1.807) is 24.3 Å². The highest BCUT2D eigenvalue weighted by Gasteiger charge is 2.67. The van der Waals surface area contributed by atoms with Crippen LogP contribution in [-0.4, -0.2) is 27.7 Å². The largest absolute Gasteiger partial charge is 0.399 e. The average molecular weight is 426 g/mol. The molecule has 0 spiro atoms. The topological polar surface area (TPSA) is 107 Å². The molecular weight excluding hydrogens is 413 g/mol. The number of epoxide rings is 1. The number of hydrogen-bond acceptors (Lipinski definition) is 6. The van der Waals surface area contributed by atoms with Crippen molar-refractivity contribution < 1.29 is 26.3 Å². The summed E-state index contributed by atoms with van der Waals surface area (Å²) in [5.41, 5.74) is -0.483. The molecule has 146 valence electrons. The monoisotopic (exact) mass is 425 g/mol. The van der Waals surface area contributed by atoms with Crippen LogP contribution in [0.1, 0.15) is 23.5 Å². The molecule has 3 unspecified atom stereocenters. The first-order valence-corrected chi connectivity index (χ1v) is 9.73. The molecule has 1 saturated heterocycles. The predicted molar refractivity (Wildman–Crippen MR) is 95.0 cm³/mol. The van der Waals surface area contributed by atoms with Crippen molar-refractivity contribution in [2.75, 3.05) is 0 Å². The van der Waals surface area contributed by atoms with Crippen molar-refractivity contribution in [2.24, 2.45) is 0 Å². The lowest BCUT2D eigenvalue weighted by molar-refractivity contribution is 0.0225. The highest BCUT2D eigenvalue weighted by molar-refractivity contribution is 7.80. The molecule has 1 aliphatic heterocycles. The zero-order valence-electron chi connectivity index (χ0n) is 14.0. The fourth-order valence-corrected chi connectivity index (χ4v) is 3.87. The van der Waals surface area contributed by atoms with Crippen molar-refractivity contribution in [3.8, 4) is 0 Å². The summed E-state index contributed by atoms with van der Waals surface area (Å²) in [6.45, 7) is 0. The molecule has 4 rings (SSSR count). The zero-order valence-corrected chi connectivity index (χ0v) is 15.6. The van der Waals surface area contributed by atoms with Gasteiger partial charge in [0.15, 0.2) is 5.60 Å². The molecule has 8 nitrogen and oxygen atoms in total. The van der Waals surface area contributed by atoms with Crippen LogP contribution >= 0.6 is 11.6 Å². The minimum Gasteiger partial charge on any atom is -0.351 e. The summed E-state index contributed by atoms with van der Waals surface area (Å²) < 4.78 is 57.8. The van der Waals surface area contributed by atoms with Gasteiger partial charge in [0, 0.05) is 10.6 Å². The summed E-state index contributed by atoms with van der Waals surface area (Å²) in [6.07, 6.45) is 0.178. The van der Waals surface area contributed by atoms with Crippen molar-refractivity contribution in [2.45, 2.75) is 17.9 Å². The number of aromatic nitrogens is 3. The average Bonchev–Trinajstić information content (AvgIpc) is 3.14. The van der Waals surface area contributed by atoms with Gasteiger partial charge in [0.25, 0.3) is 0 Å². The highest BCUT2D eigenvalue weighted by atomic mass is 35.5. The van der Waals surface area contributed by atoms with E-state index in [0.29, 0.717) is 16.1 Å². The van der Waals surface area contributed by atoms with Gasteiger partial charge < -0.3 is 4.74 Å². The fourth-order valence-electron chi connectivity index (χ4n) is 3.17. The van der Waals surface area contributed by atoms with Gasteiger partial charge in [-0.1, -0.05) is 41.9 Å². The van der Waals surface area contributed by atoms with Crippen LogP contribution in [0.5, 0.6) is 0 Å². The van der Waals surface area contributed by atoms with Gasteiger partial charge in [-0.2, -0.15) is 13.5 Å². The molecule has 1 N–H and O–H groups in total. The smallest absolute Gasteiger partial charge is 0.351 e. The van der Waals surface area contributed by atoms with E-state index in [1.807, 2.05) is 0 Å². The number of halogens is 2. The van der Waals surface area contributed by atoms with E-state index in [9.17, 15) is 17.4 Å². The Bertz CT molecular complexity index is 1090. The zero-order chi connectivity index (χ0) is 19.9. The van der Waals surface area contributed by atoms with Crippen LogP contribution in [0.2, 0.25) is 5.02 Å². The second-order valence-electron chi connectivity index (χ2n) is 6.07. The SMILES string of the molecule is O=S(=O)(O)OC(n1cncn1)C1(c2ccc(F)cc2)OC1c1ccccc1Cl. The first kappa shape index (κ1) is 19.0. The van der Waals surface area contributed by atoms with Gasteiger partial charge in [-0.3, -0.25) is 4.55 Å². The summed E-state index contributed by atoms with van der Waals surface area (Å²) in [7, 11) is -4.90. The third-order valence-electron chi connectivity index (χ3n) is 4.38. The predicted octanol–water partition coefficient (Wildman–Crippen LogP) is 3.06. The van der Waals surface area contributed by atoms with Gasteiger partial charge >= 0.3 is 10.4 Å². The molecule has 0 bridgehead atoms. The molecule has 0 aliphatic carbocycles. The van der Waals surface area contributed by atoms with Gasteiger partial charge in [0.05, 0.1) is 0 Å². The molecule has 3 atom stereocenters. The highest BCUT2D eigenvalue weighted by Crippen LogP contribution is 2.64. The molecule has 0 radical (unpaired) electrons. The fraction of sp³-hybridized carbons (Fsp3) is 0.176. The van der Waals surface area contributed by atoms with Crippen LogP contribution in [0.4, 0.5) is 4.39 Å². The van der Waals surface area contributed by atoms with Gasteiger partial charge in [0.2, 0.25) is 6.23 Å². The Balaban J connectivity index is 1.88. The molecule has 3 aromatic rings. The van der Waals surface area contributed by atoms with Gasteiger partial charge in [-0.15, -0.1) is 0 Å². The third-order valence-corrected chi connectivity index (χ3v) is 5.15. The summed E-state index contributed by atoms with van der Waals surface area (Å²) in [6, 6.07) is 12.1. The summed E-state index contributed by atoms with van der Waals surface area (Å²) in [5.74, 6) is -0.484.